The van der Waals surface area contributed by atoms with Gasteiger partial charge in [0, 0.05) is 23.0 Å². The van der Waals surface area contributed by atoms with Crippen molar-refractivity contribution in [1.29, 1.82) is 0 Å². The molecule has 2 nitrogen and oxygen atoms in total. The second-order valence-electron chi connectivity index (χ2n) is 2.80. The minimum atomic E-state index is 0.0208. The number of aliphatic hydroxyl groups is 1. The van der Waals surface area contributed by atoms with Crippen molar-refractivity contribution in [2.75, 3.05) is 6.54 Å². The predicted octanol–water partition coefficient (Wildman–Crippen LogP) is 1.64. The third kappa shape index (κ3) is 3.15. The van der Waals surface area contributed by atoms with Crippen LogP contribution in [0.2, 0.25) is 0 Å². The van der Waals surface area contributed by atoms with E-state index in [1.165, 1.54) is 0 Å². The second kappa shape index (κ2) is 5.82. The first-order valence-electron chi connectivity index (χ1n) is 4.36. The highest BCUT2D eigenvalue weighted by Crippen LogP contribution is 2.17. The maximum atomic E-state index is 9.02. The maximum absolute atomic E-state index is 9.02. The molecule has 0 spiro atoms. The molecule has 0 aliphatic carbocycles. The zero-order valence-electron chi connectivity index (χ0n) is 7.76. The predicted molar refractivity (Wildman–Crippen MR) is 60.6 cm³/mol. The first-order valence-corrected chi connectivity index (χ1v) is 5.15. The summed E-state index contributed by atoms with van der Waals surface area (Å²) in [5.41, 5.74) is 7.08. The van der Waals surface area contributed by atoms with Crippen LogP contribution in [0.5, 0.6) is 0 Å². The molecule has 0 fully saturated rings. The fraction of sp³-hybridized carbons (Fsp3) is 0.273. The van der Waals surface area contributed by atoms with Crippen LogP contribution in [-0.4, -0.2) is 11.7 Å². The molecule has 1 aromatic carbocycles. The Hall–Kier alpha value is -0.820. The fourth-order valence-corrected chi connectivity index (χ4v) is 1.38. The molecule has 0 aromatic heterocycles. The van der Waals surface area contributed by atoms with Crippen LogP contribution in [0, 0.1) is 11.8 Å². The van der Waals surface area contributed by atoms with Crippen LogP contribution in [0.25, 0.3) is 0 Å². The Bertz CT molecular complexity index is 365. The number of rotatable bonds is 2. The van der Waals surface area contributed by atoms with Gasteiger partial charge in [-0.1, -0.05) is 27.8 Å². The lowest BCUT2D eigenvalue weighted by Crippen LogP contribution is -1.95. The van der Waals surface area contributed by atoms with Gasteiger partial charge in [-0.05, 0) is 23.8 Å². The van der Waals surface area contributed by atoms with E-state index in [0.717, 1.165) is 15.6 Å². The van der Waals surface area contributed by atoms with Crippen molar-refractivity contribution in [2.45, 2.75) is 13.0 Å². The highest BCUT2D eigenvalue weighted by molar-refractivity contribution is 9.10. The number of hydrogen-bond donors (Lipinski definition) is 2. The van der Waals surface area contributed by atoms with Crippen LogP contribution in [0.3, 0.4) is 0 Å². The molecule has 74 valence electrons. The molecule has 0 saturated heterocycles. The Morgan fingerprint density at radius 1 is 1.43 bits per heavy atom. The van der Waals surface area contributed by atoms with E-state index in [-0.39, 0.29) is 6.61 Å². The van der Waals surface area contributed by atoms with E-state index in [0.29, 0.717) is 13.0 Å². The first-order chi connectivity index (χ1) is 6.77. The normalized spacial score (nSPS) is 9.36. The Kier molecular flexibility index (Phi) is 4.68. The van der Waals surface area contributed by atoms with Gasteiger partial charge in [0.05, 0.1) is 6.61 Å². The number of hydrogen-bond acceptors (Lipinski definition) is 2. The minimum absolute atomic E-state index is 0.0208. The van der Waals surface area contributed by atoms with Crippen LogP contribution in [-0.2, 0) is 6.61 Å². The van der Waals surface area contributed by atoms with Crippen molar-refractivity contribution < 1.29 is 5.11 Å². The number of benzene rings is 1. The molecule has 0 aliphatic heterocycles. The molecule has 14 heavy (non-hydrogen) atoms. The molecule has 0 amide bonds. The first kappa shape index (κ1) is 11.3. The van der Waals surface area contributed by atoms with Crippen LogP contribution in [0.1, 0.15) is 17.5 Å². The lowest BCUT2D eigenvalue weighted by Gasteiger charge is -2.00. The topological polar surface area (TPSA) is 46.2 Å². The quantitative estimate of drug-likeness (QED) is 0.788. The van der Waals surface area contributed by atoms with Crippen molar-refractivity contribution in [2.24, 2.45) is 5.73 Å². The van der Waals surface area contributed by atoms with Gasteiger partial charge in [-0.3, -0.25) is 0 Å². The molecule has 0 atom stereocenters. The lowest BCUT2D eigenvalue weighted by atomic mass is 10.1. The lowest BCUT2D eigenvalue weighted by molar-refractivity contribution is 0.281. The van der Waals surface area contributed by atoms with Crippen molar-refractivity contribution in [3.8, 4) is 11.8 Å². The molecule has 0 unspecified atom stereocenters. The van der Waals surface area contributed by atoms with E-state index in [4.69, 9.17) is 10.8 Å². The molecule has 0 saturated carbocycles. The molecule has 1 rings (SSSR count). The van der Waals surface area contributed by atoms with Gasteiger partial charge in [0.1, 0.15) is 0 Å². The van der Waals surface area contributed by atoms with Crippen LogP contribution >= 0.6 is 15.9 Å². The third-order valence-corrected chi connectivity index (χ3v) is 2.49. The van der Waals surface area contributed by atoms with Gasteiger partial charge < -0.3 is 10.8 Å². The van der Waals surface area contributed by atoms with Gasteiger partial charge in [-0.25, -0.2) is 0 Å². The summed E-state index contributed by atoms with van der Waals surface area (Å²) in [7, 11) is 0. The number of nitrogens with two attached hydrogens (primary N) is 1. The van der Waals surface area contributed by atoms with E-state index in [1.54, 1.807) is 0 Å². The number of halogens is 1. The van der Waals surface area contributed by atoms with E-state index in [1.807, 2.05) is 18.2 Å². The smallest absolute Gasteiger partial charge is 0.0693 e. The largest absolute Gasteiger partial charge is 0.392 e. The average molecular weight is 254 g/mol. The number of aliphatic hydroxyl groups excluding tert-OH is 1. The van der Waals surface area contributed by atoms with Gasteiger partial charge in [0.15, 0.2) is 0 Å². The van der Waals surface area contributed by atoms with E-state index < -0.39 is 0 Å². The Labute approximate surface area is 92.3 Å². The molecule has 3 N–H and O–H groups in total. The highest BCUT2D eigenvalue weighted by atomic mass is 79.9. The SMILES string of the molecule is NCCC#Cc1ccc(Br)c(CO)c1. The zero-order valence-corrected chi connectivity index (χ0v) is 9.34. The van der Waals surface area contributed by atoms with Gasteiger partial charge in [0.2, 0.25) is 0 Å². The van der Waals surface area contributed by atoms with E-state index >= 15 is 0 Å². The van der Waals surface area contributed by atoms with Crippen LogP contribution < -0.4 is 5.73 Å². The maximum Gasteiger partial charge on any atom is 0.0693 e. The third-order valence-electron chi connectivity index (χ3n) is 1.72. The Balaban J connectivity index is 2.86. The summed E-state index contributed by atoms with van der Waals surface area (Å²) < 4.78 is 0.907. The van der Waals surface area contributed by atoms with Gasteiger partial charge in [0.25, 0.3) is 0 Å². The molecule has 0 heterocycles. The fourth-order valence-electron chi connectivity index (χ4n) is 1.01. The Morgan fingerprint density at radius 2 is 2.21 bits per heavy atom. The summed E-state index contributed by atoms with van der Waals surface area (Å²) in [6, 6.07) is 5.67. The van der Waals surface area contributed by atoms with Gasteiger partial charge in [-0.2, -0.15) is 0 Å². The average Bonchev–Trinajstić information content (AvgIpc) is 2.21. The minimum Gasteiger partial charge on any atom is -0.392 e. The van der Waals surface area contributed by atoms with Crippen LogP contribution in [0.4, 0.5) is 0 Å². The molecule has 0 radical (unpaired) electrons. The zero-order chi connectivity index (χ0) is 10.4. The van der Waals surface area contributed by atoms with Gasteiger partial charge >= 0.3 is 0 Å². The van der Waals surface area contributed by atoms with Crippen molar-refractivity contribution in [1.82, 2.24) is 0 Å². The summed E-state index contributed by atoms with van der Waals surface area (Å²) in [6.07, 6.45) is 0.699. The molecule has 0 bridgehead atoms. The van der Waals surface area contributed by atoms with E-state index in [9.17, 15) is 0 Å². The van der Waals surface area contributed by atoms with Crippen molar-refractivity contribution >= 4 is 15.9 Å². The summed E-state index contributed by atoms with van der Waals surface area (Å²) >= 11 is 3.34. The van der Waals surface area contributed by atoms with Crippen molar-refractivity contribution in [3.63, 3.8) is 0 Å². The summed E-state index contributed by atoms with van der Waals surface area (Å²) in [6.45, 7) is 0.601. The summed E-state index contributed by atoms with van der Waals surface area (Å²) in [5.74, 6) is 5.94. The standard InChI is InChI=1S/C11H12BrNO/c12-11-5-4-9(3-1-2-6-13)7-10(11)8-14/h4-5,7,14H,2,6,8,13H2. The highest BCUT2D eigenvalue weighted by Gasteiger charge is 1.97. The van der Waals surface area contributed by atoms with Gasteiger partial charge in [-0.15, -0.1) is 0 Å². The molecule has 1 aromatic rings. The summed E-state index contributed by atoms with van der Waals surface area (Å²) in [5, 5.41) is 9.02. The Morgan fingerprint density at radius 3 is 2.86 bits per heavy atom. The monoisotopic (exact) mass is 253 g/mol. The summed E-state index contributed by atoms with van der Waals surface area (Å²) in [4.78, 5) is 0. The van der Waals surface area contributed by atoms with Crippen molar-refractivity contribution in [3.05, 3.63) is 33.8 Å². The second-order valence-corrected chi connectivity index (χ2v) is 3.66. The molecular weight excluding hydrogens is 242 g/mol. The molecule has 3 heteroatoms. The van der Waals surface area contributed by atoms with Crippen LogP contribution in [0.15, 0.2) is 22.7 Å². The van der Waals surface area contributed by atoms with E-state index in [2.05, 4.69) is 27.8 Å². The molecule has 0 aliphatic rings. The molecular formula is C11H12BrNO.